The van der Waals surface area contributed by atoms with Crippen molar-refractivity contribution in [2.24, 2.45) is 0 Å². The summed E-state index contributed by atoms with van der Waals surface area (Å²) in [6, 6.07) is 17.4. The highest BCUT2D eigenvalue weighted by Gasteiger charge is 2.14. The number of nitrogens with one attached hydrogen (secondary N) is 1. The molecule has 0 spiro atoms. The van der Waals surface area contributed by atoms with Crippen molar-refractivity contribution < 1.29 is 9.53 Å². The van der Waals surface area contributed by atoms with Gasteiger partial charge >= 0.3 is 0 Å². The van der Waals surface area contributed by atoms with E-state index in [2.05, 4.69) is 41.9 Å². The maximum atomic E-state index is 12.6. The number of ether oxygens (including phenoxy) is 1. The number of rotatable bonds is 5. The Morgan fingerprint density at radius 3 is 2.23 bits per heavy atom. The van der Waals surface area contributed by atoms with Crippen molar-refractivity contribution in [3.8, 4) is 17.5 Å². The third kappa shape index (κ3) is 4.44. The van der Waals surface area contributed by atoms with E-state index in [1.807, 2.05) is 26.0 Å². The first-order chi connectivity index (χ1) is 14.3. The number of carbonyl (C=O) groups is 1. The molecule has 0 saturated carbocycles. The highest BCUT2D eigenvalue weighted by atomic mass is 16.5. The topological polar surface area (TPSA) is 67.0 Å². The van der Waals surface area contributed by atoms with E-state index in [1.54, 1.807) is 37.5 Å². The lowest BCUT2D eigenvalue weighted by atomic mass is 10.1. The van der Waals surface area contributed by atoms with Crippen LogP contribution in [0.2, 0.25) is 0 Å². The number of nitriles is 1. The van der Waals surface area contributed by atoms with Gasteiger partial charge in [-0.1, -0.05) is 6.07 Å². The predicted octanol–water partition coefficient (Wildman–Crippen LogP) is 5.27. The second-order valence-electron chi connectivity index (χ2n) is 7.36. The van der Waals surface area contributed by atoms with Crippen LogP contribution < -0.4 is 10.1 Å². The number of methoxy groups -OCH3 is 1. The van der Waals surface area contributed by atoms with Crippen LogP contribution in [-0.4, -0.2) is 17.6 Å². The van der Waals surface area contributed by atoms with Crippen molar-refractivity contribution in [2.75, 3.05) is 12.4 Å². The Morgan fingerprint density at radius 1 is 1.03 bits per heavy atom. The van der Waals surface area contributed by atoms with Crippen LogP contribution >= 0.6 is 0 Å². The Kier molecular flexibility index (Phi) is 6.08. The molecule has 0 unspecified atom stereocenters. The van der Waals surface area contributed by atoms with Crippen molar-refractivity contribution in [2.45, 2.75) is 27.7 Å². The molecule has 0 fully saturated rings. The van der Waals surface area contributed by atoms with Gasteiger partial charge in [-0.25, -0.2) is 0 Å². The van der Waals surface area contributed by atoms with Crippen molar-refractivity contribution in [1.82, 2.24) is 4.57 Å². The van der Waals surface area contributed by atoms with Crippen LogP contribution in [0.4, 0.5) is 5.69 Å². The van der Waals surface area contributed by atoms with Crippen molar-refractivity contribution >= 4 is 17.7 Å². The zero-order valence-electron chi connectivity index (χ0n) is 17.9. The minimum atomic E-state index is -0.445. The monoisotopic (exact) mass is 399 g/mol. The summed E-state index contributed by atoms with van der Waals surface area (Å²) in [4.78, 5) is 12.6. The number of aryl methyl sites for hydroxylation is 3. The summed E-state index contributed by atoms with van der Waals surface area (Å²) >= 11 is 0. The van der Waals surface area contributed by atoms with Gasteiger partial charge in [0.2, 0.25) is 0 Å². The van der Waals surface area contributed by atoms with Gasteiger partial charge in [0, 0.05) is 22.8 Å². The van der Waals surface area contributed by atoms with E-state index in [4.69, 9.17) is 4.74 Å². The van der Waals surface area contributed by atoms with Gasteiger partial charge in [0.15, 0.2) is 0 Å². The summed E-state index contributed by atoms with van der Waals surface area (Å²) in [5.74, 6) is 0.252. The number of aromatic nitrogens is 1. The normalized spacial score (nSPS) is 11.1. The van der Waals surface area contributed by atoms with Gasteiger partial charge in [-0.15, -0.1) is 0 Å². The lowest BCUT2D eigenvalue weighted by Crippen LogP contribution is -2.13. The summed E-state index contributed by atoms with van der Waals surface area (Å²) < 4.78 is 7.26. The van der Waals surface area contributed by atoms with E-state index in [-0.39, 0.29) is 5.57 Å². The van der Waals surface area contributed by atoms with Gasteiger partial charge in [-0.2, -0.15) is 5.26 Å². The first-order valence-corrected chi connectivity index (χ1v) is 9.67. The highest BCUT2D eigenvalue weighted by Crippen LogP contribution is 2.25. The quantitative estimate of drug-likeness (QED) is 0.470. The summed E-state index contributed by atoms with van der Waals surface area (Å²) in [6.45, 7) is 8.16. The number of hydrogen-bond donors (Lipinski definition) is 1. The number of benzene rings is 2. The molecule has 3 aromatic rings. The fraction of sp³-hybridized carbons (Fsp3) is 0.200. The molecule has 3 rings (SSSR count). The summed E-state index contributed by atoms with van der Waals surface area (Å²) in [5, 5.41) is 12.3. The number of carbonyl (C=O) groups excluding carboxylic acids is 1. The number of hydrogen-bond acceptors (Lipinski definition) is 3. The molecule has 0 atom stereocenters. The number of anilines is 1. The molecule has 0 aliphatic rings. The predicted molar refractivity (Wildman–Crippen MR) is 120 cm³/mol. The molecular formula is C25H25N3O2. The second-order valence-corrected chi connectivity index (χ2v) is 7.36. The minimum Gasteiger partial charge on any atom is -0.497 e. The Labute approximate surface area is 177 Å². The molecule has 5 nitrogen and oxygen atoms in total. The van der Waals surface area contributed by atoms with Crippen LogP contribution in [0, 0.1) is 39.0 Å². The fourth-order valence-corrected chi connectivity index (χ4v) is 3.59. The number of nitrogens with zero attached hydrogens (tertiary/aromatic N) is 2. The van der Waals surface area contributed by atoms with Gasteiger partial charge in [-0.3, -0.25) is 4.79 Å². The molecule has 5 heteroatoms. The molecule has 1 N–H and O–H groups in total. The van der Waals surface area contributed by atoms with Crippen LogP contribution in [0.15, 0.2) is 54.1 Å². The van der Waals surface area contributed by atoms with E-state index in [1.165, 1.54) is 11.1 Å². The van der Waals surface area contributed by atoms with E-state index < -0.39 is 5.91 Å². The minimum absolute atomic E-state index is 0.0477. The summed E-state index contributed by atoms with van der Waals surface area (Å²) in [6.07, 6.45) is 1.64. The zero-order chi connectivity index (χ0) is 21.8. The summed E-state index contributed by atoms with van der Waals surface area (Å²) in [7, 11) is 1.58. The van der Waals surface area contributed by atoms with E-state index in [9.17, 15) is 10.1 Å². The molecule has 1 aromatic heterocycles. The Morgan fingerprint density at radius 2 is 1.67 bits per heavy atom. The largest absolute Gasteiger partial charge is 0.497 e. The second kappa shape index (κ2) is 8.71. The zero-order valence-corrected chi connectivity index (χ0v) is 17.9. The molecule has 30 heavy (non-hydrogen) atoms. The molecule has 1 heterocycles. The Balaban J connectivity index is 1.92. The molecule has 152 valence electrons. The van der Waals surface area contributed by atoms with Crippen LogP contribution in [0.1, 0.15) is 28.1 Å². The molecule has 2 aromatic carbocycles. The number of amides is 1. The van der Waals surface area contributed by atoms with Crippen molar-refractivity contribution in [1.29, 1.82) is 5.26 Å². The van der Waals surface area contributed by atoms with E-state index >= 15 is 0 Å². The third-order valence-electron chi connectivity index (χ3n) is 4.95. The Hall–Kier alpha value is -3.78. The lowest BCUT2D eigenvalue weighted by Gasteiger charge is -2.12. The molecule has 0 radical (unpaired) electrons. The lowest BCUT2D eigenvalue weighted by molar-refractivity contribution is -0.112. The van der Waals surface area contributed by atoms with Crippen molar-refractivity contribution in [3.05, 3.63) is 82.2 Å². The molecular weight excluding hydrogens is 374 g/mol. The fourth-order valence-electron chi connectivity index (χ4n) is 3.59. The molecule has 0 aliphatic carbocycles. The maximum Gasteiger partial charge on any atom is 0.266 e. The average molecular weight is 399 g/mol. The third-order valence-corrected chi connectivity index (χ3v) is 4.95. The first-order valence-electron chi connectivity index (χ1n) is 9.67. The van der Waals surface area contributed by atoms with Crippen LogP contribution in [-0.2, 0) is 4.79 Å². The smallest absolute Gasteiger partial charge is 0.266 e. The van der Waals surface area contributed by atoms with Gasteiger partial charge in [0.25, 0.3) is 5.91 Å². The SMILES string of the molecule is COc1ccc(NC(=O)/C(C#N)=C\c2cc(C)n(-c3cc(C)cc(C)c3)c2C)cc1. The molecule has 0 bridgehead atoms. The standard InChI is InChI=1S/C25H25N3O2/c1-16-10-17(2)12-23(11-16)28-18(3)13-20(19(28)4)14-21(15-26)25(29)27-22-6-8-24(30-5)9-7-22/h6-14H,1-5H3,(H,27,29)/b21-14-. The van der Waals surface area contributed by atoms with Gasteiger partial charge in [0.1, 0.15) is 17.4 Å². The molecule has 0 aliphatic heterocycles. The van der Waals surface area contributed by atoms with Crippen LogP contribution in [0.5, 0.6) is 5.75 Å². The van der Waals surface area contributed by atoms with Crippen molar-refractivity contribution in [3.63, 3.8) is 0 Å². The van der Waals surface area contributed by atoms with Gasteiger partial charge in [0.05, 0.1) is 7.11 Å². The van der Waals surface area contributed by atoms with E-state index in [0.29, 0.717) is 11.4 Å². The Bertz CT molecular complexity index is 1140. The molecule has 0 saturated heterocycles. The average Bonchev–Trinajstić information content (AvgIpc) is 2.98. The van der Waals surface area contributed by atoms with E-state index in [0.717, 1.165) is 22.6 Å². The van der Waals surface area contributed by atoms with Crippen LogP contribution in [0.3, 0.4) is 0 Å². The maximum absolute atomic E-state index is 12.6. The first kappa shape index (κ1) is 20.9. The molecule has 1 amide bonds. The van der Waals surface area contributed by atoms with Crippen LogP contribution in [0.25, 0.3) is 11.8 Å². The summed E-state index contributed by atoms with van der Waals surface area (Å²) in [5.41, 5.74) is 6.95. The van der Waals surface area contributed by atoms with Gasteiger partial charge in [-0.05, 0) is 92.9 Å². The van der Waals surface area contributed by atoms with Gasteiger partial charge < -0.3 is 14.6 Å². The highest BCUT2D eigenvalue weighted by molar-refractivity contribution is 6.09.